The molecule has 1 N–H and O–H groups in total. The second-order valence-electron chi connectivity index (χ2n) is 5.13. The molecule has 130 valence electrons. The van der Waals surface area contributed by atoms with Crippen LogP contribution in [0.15, 0.2) is 36.4 Å². The first-order valence-corrected chi connectivity index (χ1v) is 8.00. The van der Waals surface area contributed by atoms with Crippen LogP contribution in [0, 0.1) is 10.1 Å². The van der Waals surface area contributed by atoms with Gasteiger partial charge in [-0.05, 0) is 42.5 Å². The molecule has 3 rings (SSSR count). The quantitative estimate of drug-likeness (QED) is 0.283. The molecule has 2 aromatic rings. The number of ether oxygens (including phenoxy) is 1. The number of hydrogen-bond donors (Lipinski definition) is 1. The smallest absolute Gasteiger partial charge is 0.311 e. The number of pyridine rings is 1. The van der Waals surface area contributed by atoms with Gasteiger partial charge in [0.2, 0.25) is 17.2 Å². The van der Waals surface area contributed by atoms with Crippen molar-refractivity contribution in [2.24, 2.45) is 0 Å². The van der Waals surface area contributed by atoms with E-state index < -0.39 is 11.2 Å². The van der Waals surface area contributed by atoms with E-state index in [1.807, 2.05) is 0 Å². The summed E-state index contributed by atoms with van der Waals surface area (Å²) in [4.78, 5) is 15.9. The van der Waals surface area contributed by atoms with Crippen LogP contribution in [0.5, 0.6) is 0 Å². The Morgan fingerprint density at radius 2 is 2.08 bits per heavy atom. The number of nitrogens with zero attached hydrogens (tertiary/aromatic N) is 3. The highest BCUT2D eigenvalue weighted by Gasteiger charge is 2.28. The van der Waals surface area contributed by atoms with Crippen LogP contribution >= 0.6 is 23.8 Å². The van der Waals surface area contributed by atoms with Crippen LogP contribution in [0.3, 0.4) is 0 Å². The third kappa shape index (κ3) is 3.77. The molecule has 0 saturated carbocycles. The molecular formula is C15H12ClFN4O3S. The molecule has 1 atom stereocenters. The van der Waals surface area contributed by atoms with Gasteiger partial charge in [0.05, 0.1) is 11.5 Å². The van der Waals surface area contributed by atoms with Gasteiger partial charge < -0.3 is 15.0 Å². The summed E-state index contributed by atoms with van der Waals surface area (Å²) in [6.45, 7) is 0.688. The molecule has 2 heterocycles. The second-order valence-corrected chi connectivity index (χ2v) is 5.92. The number of aromatic nitrogens is 1. The number of thiocarbonyl (C=S) groups is 1. The fraction of sp³-hybridized carbons (Fsp3) is 0.200. The van der Waals surface area contributed by atoms with Crippen molar-refractivity contribution in [1.29, 1.82) is 0 Å². The van der Waals surface area contributed by atoms with Gasteiger partial charge in [0.25, 0.3) is 0 Å². The molecule has 1 aromatic heterocycles. The maximum absolute atomic E-state index is 14.1. The van der Waals surface area contributed by atoms with Crippen molar-refractivity contribution in [2.75, 3.05) is 23.4 Å². The summed E-state index contributed by atoms with van der Waals surface area (Å²) in [5.74, 6) is 0.0289. The first kappa shape index (κ1) is 17.3. The number of nitro groups is 1. The van der Waals surface area contributed by atoms with Crippen molar-refractivity contribution in [2.45, 2.75) is 6.30 Å². The number of alkyl halides is 1. The van der Waals surface area contributed by atoms with Gasteiger partial charge in [0.1, 0.15) is 11.8 Å². The lowest BCUT2D eigenvalue weighted by atomic mass is 10.2. The minimum Gasteiger partial charge on any atom is -0.481 e. The van der Waals surface area contributed by atoms with Gasteiger partial charge in [-0.15, -0.1) is 0 Å². The zero-order valence-corrected chi connectivity index (χ0v) is 14.3. The predicted molar refractivity (Wildman–Crippen MR) is 96.4 cm³/mol. The molecule has 0 aliphatic carbocycles. The highest BCUT2D eigenvalue weighted by molar-refractivity contribution is 7.80. The van der Waals surface area contributed by atoms with Crippen LogP contribution in [0.25, 0.3) is 0 Å². The Labute approximate surface area is 152 Å². The molecular weight excluding hydrogens is 371 g/mol. The lowest BCUT2D eigenvalue weighted by molar-refractivity contribution is -0.384. The highest BCUT2D eigenvalue weighted by atomic mass is 35.5. The van der Waals surface area contributed by atoms with E-state index in [0.29, 0.717) is 24.5 Å². The number of halogens is 2. The summed E-state index contributed by atoms with van der Waals surface area (Å²) in [7, 11) is 0. The normalized spacial score (nSPS) is 17.1. The van der Waals surface area contributed by atoms with Gasteiger partial charge in [-0.25, -0.2) is 9.37 Å². The van der Waals surface area contributed by atoms with E-state index in [2.05, 4.69) is 10.3 Å². The molecule has 25 heavy (non-hydrogen) atoms. The average Bonchev–Trinajstić information content (AvgIpc) is 2.58. The summed E-state index contributed by atoms with van der Waals surface area (Å²) in [5.41, 5.74) is 0.973. The van der Waals surface area contributed by atoms with Gasteiger partial charge in [-0.2, -0.15) is 0 Å². The SMILES string of the molecule is O=[N+]([O-])c1ccc(Cl)nc1Nc1ccc(N2CCOC(=S)C2F)cc1. The minimum atomic E-state index is -1.49. The van der Waals surface area contributed by atoms with Crippen molar-refractivity contribution in [3.05, 3.63) is 51.7 Å². The Kier molecular flexibility index (Phi) is 4.95. The maximum Gasteiger partial charge on any atom is 0.311 e. The Hall–Kier alpha value is -2.52. The van der Waals surface area contributed by atoms with Crippen molar-refractivity contribution < 1.29 is 14.1 Å². The lowest BCUT2D eigenvalue weighted by Gasteiger charge is -2.32. The largest absolute Gasteiger partial charge is 0.481 e. The number of anilines is 3. The summed E-state index contributed by atoms with van der Waals surface area (Å²) in [6, 6.07) is 9.29. The van der Waals surface area contributed by atoms with Crippen LogP contribution in [0.1, 0.15) is 0 Å². The molecule has 0 radical (unpaired) electrons. The minimum absolute atomic E-state index is 0.0289. The number of morpholine rings is 1. The second kappa shape index (κ2) is 7.16. The Balaban J connectivity index is 1.81. The Bertz CT molecular complexity index is 821. The van der Waals surface area contributed by atoms with Crippen molar-refractivity contribution in [1.82, 2.24) is 4.98 Å². The van der Waals surface area contributed by atoms with E-state index >= 15 is 0 Å². The standard InChI is InChI=1S/C15H12ClFN4O3S/c16-12-6-5-11(21(22)23)14(19-12)18-9-1-3-10(4-2-9)20-7-8-24-15(25)13(20)17/h1-6,13H,7-8H2,(H,18,19). The molecule has 0 spiro atoms. The van der Waals surface area contributed by atoms with Crippen LogP contribution < -0.4 is 10.2 Å². The van der Waals surface area contributed by atoms with Gasteiger partial charge in [-0.1, -0.05) is 11.6 Å². The molecule has 1 aliphatic rings. The number of rotatable bonds is 4. The predicted octanol–water partition coefficient (Wildman–Crippen LogP) is 3.85. The maximum atomic E-state index is 14.1. The van der Waals surface area contributed by atoms with E-state index in [1.54, 1.807) is 24.3 Å². The molecule has 0 amide bonds. The highest BCUT2D eigenvalue weighted by Crippen LogP contribution is 2.29. The topological polar surface area (TPSA) is 80.5 Å². The molecule has 10 heteroatoms. The van der Waals surface area contributed by atoms with E-state index in [0.717, 1.165) is 0 Å². The fourth-order valence-electron chi connectivity index (χ4n) is 2.35. The van der Waals surface area contributed by atoms with Crippen LogP contribution in [0.2, 0.25) is 5.15 Å². The van der Waals surface area contributed by atoms with Crippen LogP contribution in [0.4, 0.5) is 27.3 Å². The fourth-order valence-corrected chi connectivity index (χ4v) is 2.71. The number of nitrogens with one attached hydrogen (secondary N) is 1. The molecule has 1 unspecified atom stereocenters. The number of hydrogen-bond acceptors (Lipinski definition) is 7. The van der Waals surface area contributed by atoms with Gasteiger partial charge in [0.15, 0.2) is 0 Å². The average molecular weight is 383 g/mol. The van der Waals surface area contributed by atoms with E-state index in [9.17, 15) is 14.5 Å². The van der Waals surface area contributed by atoms with Crippen molar-refractivity contribution in [3.8, 4) is 0 Å². The summed E-state index contributed by atoms with van der Waals surface area (Å²) in [5, 5.41) is 13.9. The molecule has 1 aliphatic heterocycles. The van der Waals surface area contributed by atoms with E-state index in [-0.39, 0.29) is 21.7 Å². The molecule has 7 nitrogen and oxygen atoms in total. The van der Waals surface area contributed by atoms with Gasteiger partial charge in [0, 0.05) is 17.4 Å². The van der Waals surface area contributed by atoms with E-state index in [1.165, 1.54) is 17.0 Å². The first-order chi connectivity index (χ1) is 12.0. The number of benzene rings is 1. The summed E-state index contributed by atoms with van der Waals surface area (Å²) in [6.07, 6.45) is -1.49. The third-order valence-electron chi connectivity index (χ3n) is 3.54. The monoisotopic (exact) mass is 382 g/mol. The summed E-state index contributed by atoms with van der Waals surface area (Å²) >= 11 is 10.6. The zero-order chi connectivity index (χ0) is 18.0. The Morgan fingerprint density at radius 1 is 1.36 bits per heavy atom. The molecule has 1 fully saturated rings. The third-order valence-corrected chi connectivity index (χ3v) is 4.07. The molecule has 0 bridgehead atoms. The first-order valence-electron chi connectivity index (χ1n) is 7.21. The summed E-state index contributed by atoms with van der Waals surface area (Å²) < 4.78 is 19.1. The van der Waals surface area contributed by atoms with Crippen LogP contribution in [-0.2, 0) is 4.74 Å². The van der Waals surface area contributed by atoms with Gasteiger partial charge >= 0.3 is 5.69 Å². The molecule has 1 saturated heterocycles. The van der Waals surface area contributed by atoms with Gasteiger partial charge in [-0.3, -0.25) is 10.1 Å². The van der Waals surface area contributed by atoms with Crippen molar-refractivity contribution in [3.63, 3.8) is 0 Å². The van der Waals surface area contributed by atoms with Crippen LogP contribution in [-0.4, -0.2) is 34.4 Å². The Morgan fingerprint density at radius 3 is 2.76 bits per heavy atom. The van der Waals surface area contributed by atoms with Crippen molar-refractivity contribution >= 4 is 51.7 Å². The zero-order valence-electron chi connectivity index (χ0n) is 12.7. The van der Waals surface area contributed by atoms with E-state index in [4.69, 9.17) is 28.6 Å². The lowest BCUT2D eigenvalue weighted by Crippen LogP contribution is -2.45. The molecule has 1 aromatic carbocycles.